The molecule has 0 unspecified atom stereocenters. The van der Waals surface area contributed by atoms with Crippen molar-refractivity contribution in [1.82, 2.24) is 5.32 Å². The molecule has 7 nitrogen and oxygen atoms in total. The van der Waals surface area contributed by atoms with Crippen molar-refractivity contribution in [1.29, 1.82) is 0 Å². The van der Waals surface area contributed by atoms with Crippen molar-refractivity contribution in [3.63, 3.8) is 0 Å². The molecule has 3 aliphatic rings. The summed E-state index contributed by atoms with van der Waals surface area (Å²) in [5.74, 6) is 0.960. The maximum Gasteiger partial charge on any atom is 0.337 e. The van der Waals surface area contributed by atoms with E-state index >= 15 is 0 Å². The van der Waals surface area contributed by atoms with Crippen molar-refractivity contribution in [3.8, 4) is 11.5 Å². The van der Waals surface area contributed by atoms with Crippen molar-refractivity contribution < 1.29 is 28.2 Å². The van der Waals surface area contributed by atoms with E-state index in [0.29, 0.717) is 41.2 Å². The van der Waals surface area contributed by atoms with Gasteiger partial charge in [0.1, 0.15) is 11.9 Å². The number of carbonyl (C=O) groups is 2. The summed E-state index contributed by atoms with van der Waals surface area (Å²) >= 11 is 0. The van der Waals surface area contributed by atoms with Gasteiger partial charge in [-0.25, -0.2) is 4.79 Å². The van der Waals surface area contributed by atoms with Crippen LogP contribution in [-0.2, 0) is 14.3 Å². The Labute approximate surface area is 205 Å². The maximum atomic E-state index is 13.6. The number of hydrogen-bond donors (Lipinski definition) is 1. The molecular formula is C28H31NO6. The number of hydrogen-bond acceptors (Lipinski definition) is 7. The predicted octanol–water partition coefficient (Wildman–Crippen LogP) is 5.14. The molecule has 1 N–H and O–H groups in total. The van der Waals surface area contributed by atoms with E-state index in [1.807, 2.05) is 37.3 Å². The largest absolute Gasteiger partial charge is 0.493 e. The number of ether oxygens (including phenoxy) is 3. The molecule has 2 aromatic rings. The highest BCUT2D eigenvalue weighted by molar-refractivity contribution is 6.04. The van der Waals surface area contributed by atoms with E-state index in [1.54, 1.807) is 20.5 Å². The third-order valence-electron chi connectivity index (χ3n) is 7.31. The first kappa shape index (κ1) is 23.3. The summed E-state index contributed by atoms with van der Waals surface area (Å²) < 4.78 is 22.5. The Morgan fingerprint density at radius 3 is 2.51 bits per heavy atom. The van der Waals surface area contributed by atoms with Gasteiger partial charge in [-0.1, -0.05) is 6.07 Å². The second-order valence-corrected chi connectivity index (χ2v) is 9.46. The number of benzene rings is 1. The van der Waals surface area contributed by atoms with E-state index in [9.17, 15) is 9.59 Å². The molecule has 1 saturated carbocycles. The number of esters is 1. The Balaban J connectivity index is 1.58. The summed E-state index contributed by atoms with van der Waals surface area (Å²) in [6.07, 6.45) is 6.39. The quantitative estimate of drug-likeness (QED) is 0.576. The van der Waals surface area contributed by atoms with Crippen LogP contribution in [-0.4, -0.2) is 32.1 Å². The van der Waals surface area contributed by atoms with Gasteiger partial charge >= 0.3 is 5.97 Å². The van der Waals surface area contributed by atoms with Gasteiger partial charge in [0.05, 0.1) is 26.1 Å². The Morgan fingerprint density at radius 1 is 1.06 bits per heavy atom. The second kappa shape index (κ2) is 9.64. The fourth-order valence-electron chi connectivity index (χ4n) is 5.62. The standard InChI is InChI=1S/C28H31NO6/c1-16-25(28(31)35-19-7-4-5-8-19)26(17-10-11-23(32-2)24(15-17)33-3)27-20(29-16)13-18(14-21(27)30)22-9-6-12-34-22/h6,9-12,15,18-19,26,29H,4-5,7-8,13-14H2,1-3H3/t18-,26+/m1/s1. The van der Waals surface area contributed by atoms with Gasteiger partial charge in [0.25, 0.3) is 0 Å². The average molecular weight is 478 g/mol. The molecule has 2 atom stereocenters. The molecule has 0 spiro atoms. The number of dihydropyridines is 1. The number of rotatable bonds is 6. The van der Waals surface area contributed by atoms with Gasteiger partial charge in [-0.3, -0.25) is 4.79 Å². The number of methoxy groups -OCH3 is 2. The molecule has 0 saturated heterocycles. The van der Waals surface area contributed by atoms with Gasteiger partial charge in [0.15, 0.2) is 17.3 Å². The molecular weight excluding hydrogens is 446 g/mol. The molecule has 2 heterocycles. The third kappa shape index (κ3) is 4.35. The van der Waals surface area contributed by atoms with E-state index in [1.165, 1.54) is 0 Å². The smallest absolute Gasteiger partial charge is 0.337 e. The van der Waals surface area contributed by atoms with Gasteiger partial charge in [-0.15, -0.1) is 0 Å². The molecule has 35 heavy (non-hydrogen) atoms. The third-order valence-corrected chi connectivity index (χ3v) is 7.31. The molecule has 5 rings (SSSR count). The van der Waals surface area contributed by atoms with E-state index in [2.05, 4.69) is 5.32 Å². The van der Waals surface area contributed by atoms with Crippen LogP contribution in [0.4, 0.5) is 0 Å². The van der Waals surface area contributed by atoms with Crippen molar-refractivity contribution >= 4 is 11.8 Å². The fourth-order valence-corrected chi connectivity index (χ4v) is 5.62. The zero-order valence-corrected chi connectivity index (χ0v) is 20.4. The van der Waals surface area contributed by atoms with Crippen LogP contribution < -0.4 is 14.8 Å². The summed E-state index contributed by atoms with van der Waals surface area (Å²) in [4.78, 5) is 27.2. The van der Waals surface area contributed by atoms with Gasteiger partial charge in [-0.05, 0) is 68.9 Å². The molecule has 1 fully saturated rings. The lowest BCUT2D eigenvalue weighted by Crippen LogP contribution is -2.36. The topological polar surface area (TPSA) is 87.0 Å². The van der Waals surface area contributed by atoms with E-state index < -0.39 is 5.92 Å². The lowest BCUT2D eigenvalue weighted by Gasteiger charge is -2.36. The maximum absolute atomic E-state index is 13.6. The van der Waals surface area contributed by atoms with Crippen LogP contribution in [0.3, 0.4) is 0 Å². The lowest BCUT2D eigenvalue weighted by molar-refractivity contribution is -0.144. The fraction of sp³-hybridized carbons (Fsp3) is 0.429. The molecule has 1 aliphatic heterocycles. The number of nitrogens with one attached hydrogen (secondary N) is 1. The Hall–Kier alpha value is -3.48. The number of allylic oxidation sites excluding steroid dienone is 3. The first-order valence-electron chi connectivity index (χ1n) is 12.2. The number of carbonyl (C=O) groups excluding carboxylic acids is 2. The zero-order chi connectivity index (χ0) is 24.5. The molecule has 1 aromatic carbocycles. The van der Waals surface area contributed by atoms with Crippen LogP contribution in [0.25, 0.3) is 0 Å². The van der Waals surface area contributed by atoms with Crippen LogP contribution in [0, 0.1) is 0 Å². The number of furan rings is 1. The van der Waals surface area contributed by atoms with Crippen LogP contribution in [0.15, 0.2) is 63.6 Å². The Bertz CT molecular complexity index is 1190. The predicted molar refractivity (Wildman–Crippen MR) is 129 cm³/mol. The normalized spacial score (nSPS) is 22.7. The first-order valence-corrected chi connectivity index (χ1v) is 12.2. The minimum Gasteiger partial charge on any atom is -0.493 e. The van der Waals surface area contributed by atoms with Crippen molar-refractivity contribution in [3.05, 3.63) is 70.5 Å². The van der Waals surface area contributed by atoms with Gasteiger partial charge in [0, 0.05) is 35.2 Å². The summed E-state index contributed by atoms with van der Waals surface area (Å²) in [5.41, 5.74) is 3.42. The highest BCUT2D eigenvalue weighted by Gasteiger charge is 2.42. The summed E-state index contributed by atoms with van der Waals surface area (Å²) in [5, 5.41) is 3.39. The summed E-state index contributed by atoms with van der Waals surface area (Å²) in [6.45, 7) is 1.88. The molecule has 2 aliphatic carbocycles. The SMILES string of the molecule is COc1ccc([C@H]2C(C(=O)OC3CCCC3)=C(C)NC3=C2C(=O)C[C@H](c2ccco2)C3)cc1OC. The average Bonchev–Trinajstić information content (AvgIpc) is 3.57. The van der Waals surface area contributed by atoms with Crippen LogP contribution in [0.2, 0.25) is 0 Å². The van der Waals surface area contributed by atoms with Gasteiger partial charge in [-0.2, -0.15) is 0 Å². The monoisotopic (exact) mass is 477 g/mol. The Kier molecular flexibility index (Phi) is 6.41. The van der Waals surface area contributed by atoms with Crippen molar-refractivity contribution in [2.24, 2.45) is 0 Å². The molecule has 7 heteroatoms. The highest BCUT2D eigenvalue weighted by Crippen LogP contribution is 2.47. The van der Waals surface area contributed by atoms with Crippen molar-refractivity contribution in [2.75, 3.05) is 14.2 Å². The number of ketones is 1. The van der Waals surface area contributed by atoms with E-state index in [0.717, 1.165) is 42.7 Å². The van der Waals surface area contributed by atoms with Gasteiger partial charge < -0.3 is 23.9 Å². The molecule has 0 bridgehead atoms. The van der Waals surface area contributed by atoms with Crippen LogP contribution in [0.5, 0.6) is 11.5 Å². The minimum absolute atomic E-state index is 0.00130. The summed E-state index contributed by atoms with van der Waals surface area (Å²) in [6, 6.07) is 9.30. The zero-order valence-electron chi connectivity index (χ0n) is 20.4. The molecule has 0 amide bonds. The van der Waals surface area contributed by atoms with Crippen LogP contribution in [0.1, 0.15) is 68.6 Å². The van der Waals surface area contributed by atoms with Crippen LogP contribution >= 0.6 is 0 Å². The first-order chi connectivity index (χ1) is 17.0. The Morgan fingerprint density at radius 2 is 1.83 bits per heavy atom. The van der Waals surface area contributed by atoms with Crippen molar-refractivity contribution in [2.45, 2.75) is 63.4 Å². The molecule has 1 aromatic heterocycles. The number of Topliss-reactive ketones (excluding diaryl/α,β-unsaturated/α-hetero) is 1. The summed E-state index contributed by atoms with van der Waals surface area (Å²) in [7, 11) is 3.15. The second-order valence-electron chi connectivity index (χ2n) is 9.46. The molecule has 0 radical (unpaired) electrons. The highest BCUT2D eigenvalue weighted by atomic mass is 16.5. The molecule has 184 valence electrons. The lowest BCUT2D eigenvalue weighted by atomic mass is 9.72. The van der Waals surface area contributed by atoms with E-state index in [4.69, 9.17) is 18.6 Å². The minimum atomic E-state index is -0.551. The van der Waals surface area contributed by atoms with Gasteiger partial charge in [0.2, 0.25) is 0 Å². The van der Waals surface area contributed by atoms with E-state index in [-0.39, 0.29) is 23.8 Å².